The Labute approximate surface area is 98.4 Å². The van der Waals surface area contributed by atoms with E-state index in [0.717, 1.165) is 5.56 Å². The first-order valence-electron chi connectivity index (χ1n) is 5.03. The molecule has 2 N–H and O–H groups in total. The van der Waals surface area contributed by atoms with Gasteiger partial charge in [-0.1, -0.05) is 30.3 Å². The zero-order valence-corrected chi connectivity index (χ0v) is 9.00. The molecule has 1 aromatic rings. The van der Waals surface area contributed by atoms with Crippen molar-refractivity contribution in [2.45, 2.75) is 12.5 Å². The topological polar surface area (TPSA) is 83.5 Å². The average Bonchev–Trinajstić information content (AvgIpc) is 2.34. The maximum Gasteiger partial charge on any atom is 0.309 e. The molecule has 0 fully saturated rings. The van der Waals surface area contributed by atoms with E-state index in [9.17, 15) is 14.4 Å². The highest BCUT2D eigenvalue weighted by molar-refractivity contribution is 5.78. The molecule has 1 rings (SSSR count). The standard InChI is InChI=1S/C12H12NO4/c14-7-11(13-8-15)10(12(16)17)6-9-4-2-1-3-5-9/h1-5,8,10-11H,6H2,(H,13,15)(H,16,17)/t10?,11-/m1/s1. The number of rotatable bonds is 7. The number of amides is 1. The summed E-state index contributed by atoms with van der Waals surface area (Å²) in [4.78, 5) is 31.9. The van der Waals surface area contributed by atoms with Crippen molar-refractivity contribution >= 4 is 18.7 Å². The van der Waals surface area contributed by atoms with Crippen LogP contribution < -0.4 is 5.32 Å². The first-order chi connectivity index (χ1) is 8.19. The molecule has 1 unspecified atom stereocenters. The van der Waals surface area contributed by atoms with Gasteiger partial charge in [-0.3, -0.25) is 14.4 Å². The number of carbonyl (C=O) groups is 2. The number of hydrogen-bond donors (Lipinski definition) is 2. The molecule has 0 aliphatic rings. The fraction of sp³-hybridized carbons (Fsp3) is 0.250. The molecular formula is C12H12NO4. The zero-order valence-electron chi connectivity index (χ0n) is 9.00. The molecule has 5 nitrogen and oxygen atoms in total. The molecule has 89 valence electrons. The van der Waals surface area contributed by atoms with Crippen LogP contribution in [0.2, 0.25) is 0 Å². The van der Waals surface area contributed by atoms with Gasteiger partial charge in [-0.05, 0) is 12.0 Å². The van der Waals surface area contributed by atoms with Crippen molar-refractivity contribution in [3.63, 3.8) is 0 Å². The number of nitrogens with one attached hydrogen (secondary N) is 1. The van der Waals surface area contributed by atoms with Gasteiger partial charge in [-0.2, -0.15) is 0 Å². The zero-order chi connectivity index (χ0) is 12.7. The second-order valence-corrected chi connectivity index (χ2v) is 3.51. The van der Waals surface area contributed by atoms with Crippen LogP contribution >= 0.6 is 0 Å². The fourth-order valence-electron chi connectivity index (χ4n) is 1.52. The Morgan fingerprint density at radius 2 is 2.06 bits per heavy atom. The van der Waals surface area contributed by atoms with Crippen LogP contribution in [0.15, 0.2) is 30.3 Å². The minimum Gasteiger partial charge on any atom is -0.481 e. The predicted octanol–water partition coefficient (Wildman–Crippen LogP) is 0.154. The van der Waals surface area contributed by atoms with Crippen LogP contribution in [0, 0.1) is 5.92 Å². The number of carbonyl (C=O) groups excluding carboxylic acids is 2. The van der Waals surface area contributed by atoms with Gasteiger partial charge in [0.15, 0.2) is 0 Å². The quantitative estimate of drug-likeness (QED) is 0.658. The van der Waals surface area contributed by atoms with E-state index in [4.69, 9.17) is 5.11 Å². The average molecular weight is 234 g/mol. The first kappa shape index (κ1) is 12.9. The summed E-state index contributed by atoms with van der Waals surface area (Å²) in [5.74, 6) is -2.16. The Kier molecular flexibility index (Phi) is 4.87. The second kappa shape index (κ2) is 6.42. The molecule has 1 radical (unpaired) electrons. The minimum absolute atomic E-state index is 0.164. The smallest absolute Gasteiger partial charge is 0.309 e. The monoisotopic (exact) mass is 234 g/mol. The maximum absolute atomic E-state index is 11.0. The summed E-state index contributed by atoms with van der Waals surface area (Å²) in [6.07, 6.45) is 2.00. The third-order valence-electron chi connectivity index (χ3n) is 2.39. The van der Waals surface area contributed by atoms with Gasteiger partial charge < -0.3 is 10.4 Å². The molecule has 0 spiro atoms. The number of aliphatic carboxylic acids is 1. The van der Waals surface area contributed by atoms with E-state index in [1.165, 1.54) is 6.29 Å². The van der Waals surface area contributed by atoms with Crippen LogP contribution in [-0.2, 0) is 20.8 Å². The van der Waals surface area contributed by atoms with Crippen molar-refractivity contribution < 1.29 is 19.5 Å². The summed E-state index contributed by atoms with van der Waals surface area (Å²) >= 11 is 0. The van der Waals surface area contributed by atoms with Gasteiger partial charge in [0.05, 0.1) is 5.92 Å². The summed E-state index contributed by atoms with van der Waals surface area (Å²) < 4.78 is 0. The van der Waals surface area contributed by atoms with Crippen molar-refractivity contribution in [1.82, 2.24) is 5.32 Å². The second-order valence-electron chi connectivity index (χ2n) is 3.51. The molecule has 0 heterocycles. The van der Waals surface area contributed by atoms with E-state index in [1.807, 2.05) is 6.07 Å². The first-order valence-corrected chi connectivity index (χ1v) is 5.03. The highest BCUT2D eigenvalue weighted by Gasteiger charge is 2.28. The molecule has 1 amide bonds. The Hall–Kier alpha value is -2.17. The molecule has 1 aromatic carbocycles. The van der Waals surface area contributed by atoms with Crippen LogP contribution in [0.3, 0.4) is 0 Å². The Morgan fingerprint density at radius 1 is 1.41 bits per heavy atom. The van der Waals surface area contributed by atoms with Crippen LogP contribution in [0.5, 0.6) is 0 Å². The van der Waals surface area contributed by atoms with Gasteiger partial charge in [0.25, 0.3) is 0 Å². The Bertz CT molecular complexity index is 391. The van der Waals surface area contributed by atoms with E-state index < -0.39 is 17.9 Å². The Balaban J connectivity index is 2.82. The maximum atomic E-state index is 11.0. The van der Waals surface area contributed by atoms with Crippen molar-refractivity contribution in [3.8, 4) is 0 Å². The predicted molar refractivity (Wildman–Crippen MR) is 60.0 cm³/mol. The van der Waals surface area contributed by atoms with Gasteiger partial charge in [-0.25, -0.2) is 0 Å². The van der Waals surface area contributed by atoms with E-state index in [-0.39, 0.29) is 6.42 Å². The molecule has 17 heavy (non-hydrogen) atoms. The summed E-state index contributed by atoms with van der Waals surface area (Å²) in [5, 5.41) is 11.2. The molecular weight excluding hydrogens is 222 g/mol. The molecule has 2 atom stereocenters. The van der Waals surface area contributed by atoms with E-state index >= 15 is 0 Å². The minimum atomic E-state index is -1.14. The lowest BCUT2D eigenvalue weighted by Gasteiger charge is -2.17. The van der Waals surface area contributed by atoms with Crippen LogP contribution in [0.25, 0.3) is 0 Å². The Morgan fingerprint density at radius 3 is 2.53 bits per heavy atom. The van der Waals surface area contributed by atoms with Gasteiger partial charge in [-0.15, -0.1) is 0 Å². The molecule has 0 aliphatic heterocycles. The van der Waals surface area contributed by atoms with Crippen LogP contribution in [0.4, 0.5) is 0 Å². The number of carboxylic acid groups (broad SMARTS) is 1. The van der Waals surface area contributed by atoms with Crippen molar-refractivity contribution in [3.05, 3.63) is 35.9 Å². The highest BCUT2D eigenvalue weighted by atomic mass is 16.4. The van der Waals surface area contributed by atoms with Crippen LogP contribution in [-0.4, -0.2) is 29.8 Å². The van der Waals surface area contributed by atoms with Crippen molar-refractivity contribution in [2.24, 2.45) is 5.92 Å². The molecule has 0 saturated heterocycles. The molecule has 0 aromatic heterocycles. The lowest BCUT2D eigenvalue weighted by molar-refractivity contribution is -0.142. The van der Waals surface area contributed by atoms with Gasteiger partial charge in [0.2, 0.25) is 12.7 Å². The number of hydrogen-bond acceptors (Lipinski definition) is 3. The molecule has 0 saturated carbocycles. The van der Waals surface area contributed by atoms with Crippen molar-refractivity contribution in [2.75, 3.05) is 0 Å². The number of benzene rings is 1. The van der Waals surface area contributed by atoms with E-state index in [1.54, 1.807) is 24.3 Å². The van der Waals surface area contributed by atoms with Gasteiger partial charge >= 0.3 is 5.97 Å². The number of carboxylic acids is 1. The lowest BCUT2D eigenvalue weighted by atomic mass is 9.93. The molecule has 0 aliphatic carbocycles. The lowest BCUT2D eigenvalue weighted by Crippen LogP contribution is -2.41. The normalized spacial score (nSPS) is 13.4. The largest absolute Gasteiger partial charge is 0.481 e. The third-order valence-corrected chi connectivity index (χ3v) is 2.39. The van der Waals surface area contributed by atoms with Gasteiger partial charge in [0, 0.05) is 0 Å². The summed E-state index contributed by atoms with van der Waals surface area (Å²) in [7, 11) is 0. The third kappa shape index (κ3) is 3.71. The summed E-state index contributed by atoms with van der Waals surface area (Å²) in [6.45, 7) is 0. The fourth-order valence-corrected chi connectivity index (χ4v) is 1.52. The van der Waals surface area contributed by atoms with Crippen molar-refractivity contribution in [1.29, 1.82) is 0 Å². The summed E-state index contributed by atoms with van der Waals surface area (Å²) in [6, 6.07) is 7.76. The van der Waals surface area contributed by atoms with Crippen LogP contribution in [0.1, 0.15) is 5.56 Å². The van der Waals surface area contributed by atoms with E-state index in [0.29, 0.717) is 6.41 Å². The SMILES string of the molecule is O=[C][C@@H](NC=O)C(Cc1ccccc1)C(=O)O. The summed E-state index contributed by atoms with van der Waals surface area (Å²) in [5.41, 5.74) is 0.785. The highest BCUT2D eigenvalue weighted by Crippen LogP contribution is 2.12. The molecule has 5 heteroatoms. The molecule has 0 bridgehead atoms. The van der Waals surface area contributed by atoms with E-state index in [2.05, 4.69) is 5.32 Å². The van der Waals surface area contributed by atoms with Gasteiger partial charge in [0.1, 0.15) is 6.04 Å².